The van der Waals surface area contributed by atoms with Crippen LogP contribution in [0.4, 0.5) is 0 Å². The number of nitrogens with zero attached hydrogens (tertiary/aromatic N) is 2. The third kappa shape index (κ3) is 2.65. The van der Waals surface area contributed by atoms with Gasteiger partial charge in [-0.3, -0.25) is 0 Å². The first-order valence-electron chi connectivity index (χ1n) is 5.63. The third-order valence-electron chi connectivity index (χ3n) is 2.69. The number of nitrogens with one attached hydrogen (secondary N) is 1. The van der Waals surface area contributed by atoms with E-state index in [1.54, 1.807) is 11.3 Å². The number of benzene rings is 1. The van der Waals surface area contributed by atoms with Crippen molar-refractivity contribution < 1.29 is 0 Å². The van der Waals surface area contributed by atoms with Crippen molar-refractivity contribution in [2.75, 3.05) is 0 Å². The van der Waals surface area contributed by atoms with Crippen LogP contribution in [-0.4, -0.2) is 16.2 Å². The van der Waals surface area contributed by atoms with Gasteiger partial charge < -0.3 is 5.32 Å². The summed E-state index contributed by atoms with van der Waals surface area (Å²) in [6.45, 7) is 0.812. The minimum Gasteiger partial charge on any atom is -0.308 e. The average Bonchev–Trinajstić information content (AvgIpc) is 3.06. The molecular weight excluding hydrogens is 254 g/mol. The van der Waals surface area contributed by atoms with Gasteiger partial charge >= 0.3 is 0 Å². The summed E-state index contributed by atoms with van der Waals surface area (Å²) >= 11 is 7.73. The largest absolute Gasteiger partial charge is 0.308 e. The summed E-state index contributed by atoms with van der Waals surface area (Å²) in [4.78, 5) is 0. The number of hydrogen-bond donors (Lipinski definition) is 1. The maximum Gasteiger partial charge on any atom is 0.149 e. The molecule has 1 aliphatic rings. The summed E-state index contributed by atoms with van der Waals surface area (Å²) in [7, 11) is 0. The SMILES string of the molecule is Clc1ccccc1-c1nnc(CNC2CC2)s1. The Labute approximate surface area is 109 Å². The van der Waals surface area contributed by atoms with Gasteiger partial charge in [0, 0.05) is 18.2 Å². The van der Waals surface area contributed by atoms with Crippen LogP contribution in [0.1, 0.15) is 17.8 Å². The van der Waals surface area contributed by atoms with Gasteiger partial charge in [-0.05, 0) is 18.9 Å². The second-order valence-electron chi connectivity index (χ2n) is 4.14. The molecule has 1 aromatic heterocycles. The highest BCUT2D eigenvalue weighted by molar-refractivity contribution is 7.14. The van der Waals surface area contributed by atoms with Crippen molar-refractivity contribution in [2.24, 2.45) is 0 Å². The van der Waals surface area contributed by atoms with Crippen molar-refractivity contribution in [2.45, 2.75) is 25.4 Å². The lowest BCUT2D eigenvalue weighted by Crippen LogP contribution is -2.14. The van der Waals surface area contributed by atoms with E-state index in [0.29, 0.717) is 6.04 Å². The number of halogens is 1. The molecule has 0 saturated heterocycles. The molecule has 3 nitrogen and oxygen atoms in total. The zero-order chi connectivity index (χ0) is 11.7. The minimum atomic E-state index is 0.697. The topological polar surface area (TPSA) is 37.8 Å². The van der Waals surface area contributed by atoms with E-state index in [0.717, 1.165) is 27.1 Å². The molecule has 1 fully saturated rings. The molecule has 0 spiro atoms. The van der Waals surface area contributed by atoms with Crippen LogP contribution in [0.15, 0.2) is 24.3 Å². The fraction of sp³-hybridized carbons (Fsp3) is 0.333. The van der Waals surface area contributed by atoms with Crippen molar-refractivity contribution >= 4 is 22.9 Å². The molecule has 2 aromatic rings. The Kier molecular flexibility index (Phi) is 3.09. The maximum absolute atomic E-state index is 6.13. The van der Waals surface area contributed by atoms with Gasteiger partial charge in [-0.25, -0.2) is 0 Å². The lowest BCUT2D eigenvalue weighted by atomic mass is 10.2. The van der Waals surface area contributed by atoms with E-state index in [1.165, 1.54) is 12.8 Å². The fourth-order valence-corrected chi connectivity index (χ4v) is 2.70. The van der Waals surface area contributed by atoms with Crippen LogP contribution < -0.4 is 5.32 Å². The molecule has 3 rings (SSSR count). The Morgan fingerprint density at radius 3 is 2.88 bits per heavy atom. The highest BCUT2D eigenvalue weighted by Gasteiger charge is 2.20. The molecule has 0 atom stereocenters. The molecule has 88 valence electrons. The second-order valence-corrected chi connectivity index (χ2v) is 5.61. The molecule has 0 bridgehead atoms. The van der Waals surface area contributed by atoms with Crippen molar-refractivity contribution in [3.63, 3.8) is 0 Å². The highest BCUT2D eigenvalue weighted by Crippen LogP contribution is 2.30. The Bertz CT molecular complexity index is 522. The first-order valence-corrected chi connectivity index (χ1v) is 6.83. The van der Waals surface area contributed by atoms with E-state index in [1.807, 2.05) is 24.3 Å². The van der Waals surface area contributed by atoms with E-state index < -0.39 is 0 Å². The van der Waals surface area contributed by atoms with Gasteiger partial charge in [0.15, 0.2) is 0 Å². The summed E-state index contributed by atoms with van der Waals surface area (Å²) < 4.78 is 0. The third-order valence-corrected chi connectivity index (χ3v) is 3.98. The van der Waals surface area contributed by atoms with E-state index in [4.69, 9.17) is 11.6 Å². The lowest BCUT2D eigenvalue weighted by Gasteiger charge is -1.97. The van der Waals surface area contributed by atoms with Gasteiger partial charge in [-0.15, -0.1) is 10.2 Å². The van der Waals surface area contributed by atoms with Crippen LogP contribution in [0, 0.1) is 0 Å². The summed E-state index contributed by atoms with van der Waals surface area (Å²) in [5, 5.41) is 14.4. The molecule has 5 heteroatoms. The summed E-state index contributed by atoms with van der Waals surface area (Å²) in [6.07, 6.45) is 2.58. The molecule has 17 heavy (non-hydrogen) atoms. The number of hydrogen-bond acceptors (Lipinski definition) is 4. The van der Waals surface area contributed by atoms with Gasteiger partial charge in [0.2, 0.25) is 0 Å². The summed E-state index contributed by atoms with van der Waals surface area (Å²) in [5.74, 6) is 0. The number of aromatic nitrogens is 2. The van der Waals surface area contributed by atoms with Crippen LogP contribution >= 0.6 is 22.9 Å². The molecular formula is C12H12ClN3S. The first-order chi connectivity index (χ1) is 8.33. The Morgan fingerprint density at radius 2 is 2.12 bits per heavy atom. The van der Waals surface area contributed by atoms with Gasteiger partial charge in [-0.2, -0.15) is 0 Å². The van der Waals surface area contributed by atoms with Crippen LogP contribution in [-0.2, 0) is 6.54 Å². The Balaban J connectivity index is 1.77. The van der Waals surface area contributed by atoms with Crippen molar-refractivity contribution in [3.05, 3.63) is 34.3 Å². The average molecular weight is 266 g/mol. The van der Waals surface area contributed by atoms with Crippen LogP contribution in [0.5, 0.6) is 0 Å². The molecule has 1 aliphatic carbocycles. The maximum atomic E-state index is 6.13. The summed E-state index contributed by atoms with van der Waals surface area (Å²) in [5.41, 5.74) is 0.962. The predicted octanol–water partition coefficient (Wildman–Crippen LogP) is 3.11. The molecule has 0 aliphatic heterocycles. The normalized spacial score (nSPS) is 15.1. The fourth-order valence-electron chi connectivity index (χ4n) is 1.59. The highest BCUT2D eigenvalue weighted by atomic mass is 35.5. The quantitative estimate of drug-likeness (QED) is 0.923. The van der Waals surface area contributed by atoms with Crippen LogP contribution in [0.25, 0.3) is 10.6 Å². The Morgan fingerprint density at radius 1 is 1.29 bits per heavy atom. The zero-order valence-corrected chi connectivity index (χ0v) is 10.8. The van der Waals surface area contributed by atoms with Gasteiger partial charge in [-0.1, -0.05) is 41.1 Å². The smallest absolute Gasteiger partial charge is 0.149 e. The van der Waals surface area contributed by atoms with Gasteiger partial charge in [0.25, 0.3) is 0 Å². The second kappa shape index (κ2) is 4.72. The van der Waals surface area contributed by atoms with Gasteiger partial charge in [0.05, 0.1) is 5.02 Å². The molecule has 1 aromatic carbocycles. The van der Waals surface area contributed by atoms with Crippen LogP contribution in [0.3, 0.4) is 0 Å². The Hall–Kier alpha value is -0.970. The minimum absolute atomic E-state index is 0.697. The van der Waals surface area contributed by atoms with E-state index >= 15 is 0 Å². The van der Waals surface area contributed by atoms with E-state index in [2.05, 4.69) is 15.5 Å². The molecule has 0 radical (unpaired) electrons. The zero-order valence-electron chi connectivity index (χ0n) is 9.19. The van der Waals surface area contributed by atoms with E-state index in [-0.39, 0.29) is 0 Å². The first kappa shape index (κ1) is 11.1. The molecule has 0 unspecified atom stereocenters. The standard InChI is InChI=1S/C12H12ClN3S/c13-10-4-2-1-3-9(10)12-16-15-11(17-12)7-14-8-5-6-8/h1-4,8,14H,5-7H2. The molecule has 1 N–H and O–H groups in total. The molecule has 0 amide bonds. The van der Waals surface area contributed by atoms with Gasteiger partial charge in [0.1, 0.15) is 10.0 Å². The monoisotopic (exact) mass is 265 g/mol. The number of rotatable bonds is 4. The lowest BCUT2D eigenvalue weighted by molar-refractivity contribution is 0.679. The van der Waals surface area contributed by atoms with Crippen molar-refractivity contribution in [3.8, 4) is 10.6 Å². The van der Waals surface area contributed by atoms with E-state index in [9.17, 15) is 0 Å². The summed E-state index contributed by atoms with van der Waals surface area (Å²) in [6, 6.07) is 8.43. The van der Waals surface area contributed by atoms with Crippen molar-refractivity contribution in [1.29, 1.82) is 0 Å². The molecule has 1 saturated carbocycles. The van der Waals surface area contributed by atoms with Crippen molar-refractivity contribution in [1.82, 2.24) is 15.5 Å². The predicted molar refractivity (Wildman–Crippen MR) is 70.2 cm³/mol. The molecule has 1 heterocycles. The van der Waals surface area contributed by atoms with Crippen LogP contribution in [0.2, 0.25) is 5.02 Å².